The molecule has 0 saturated heterocycles. The molecule has 6 heteroatoms. The van der Waals surface area contributed by atoms with Gasteiger partial charge in [0.05, 0.1) is 17.9 Å². The SMILES string of the molecule is CCOC(=O)CCCNCc1ccc(C(=O)O)cn1. The highest BCUT2D eigenvalue weighted by Crippen LogP contribution is 2.00. The first-order valence-corrected chi connectivity index (χ1v) is 6.18. The van der Waals surface area contributed by atoms with Crippen molar-refractivity contribution in [2.45, 2.75) is 26.3 Å². The Balaban J connectivity index is 2.19. The number of carbonyl (C=O) groups is 2. The minimum Gasteiger partial charge on any atom is -0.478 e. The van der Waals surface area contributed by atoms with Crippen molar-refractivity contribution in [3.63, 3.8) is 0 Å². The van der Waals surface area contributed by atoms with Gasteiger partial charge < -0.3 is 15.2 Å². The first-order chi connectivity index (χ1) is 9.13. The second-order valence-corrected chi connectivity index (χ2v) is 3.93. The Bertz CT molecular complexity index is 417. The van der Waals surface area contributed by atoms with Crippen molar-refractivity contribution in [1.29, 1.82) is 0 Å². The number of rotatable bonds is 8. The van der Waals surface area contributed by atoms with Crippen molar-refractivity contribution >= 4 is 11.9 Å². The lowest BCUT2D eigenvalue weighted by atomic mass is 10.2. The molecule has 0 aliphatic carbocycles. The number of carboxylic acid groups (broad SMARTS) is 1. The third kappa shape index (κ3) is 5.96. The monoisotopic (exact) mass is 266 g/mol. The molecule has 0 saturated carbocycles. The molecule has 0 aromatic carbocycles. The summed E-state index contributed by atoms with van der Waals surface area (Å²) in [5.74, 6) is -1.17. The van der Waals surface area contributed by atoms with E-state index in [1.54, 1.807) is 13.0 Å². The zero-order chi connectivity index (χ0) is 14.1. The summed E-state index contributed by atoms with van der Waals surface area (Å²) in [6.07, 6.45) is 2.43. The summed E-state index contributed by atoms with van der Waals surface area (Å²) in [5.41, 5.74) is 0.937. The van der Waals surface area contributed by atoms with E-state index in [-0.39, 0.29) is 11.5 Å². The fourth-order valence-electron chi connectivity index (χ4n) is 1.46. The maximum Gasteiger partial charge on any atom is 0.337 e. The van der Waals surface area contributed by atoms with E-state index >= 15 is 0 Å². The average molecular weight is 266 g/mol. The summed E-state index contributed by atoms with van der Waals surface area (Å²) in [6, 6.07) is 3.19. The Morgan fingerprint density at radius 3 is 2.79 bits per heavy atom. The Kier molecular flexibility index (Phi) is 6.52. The maximum atomic E-state index is 11.1. The fraction of sp³-hybridized carbons (Fsp3) is 0.462. The zero-order valence-electron chi connectivity index (χ0n) is 10.9. The summed E-state index contributed by atoms with van der Waals surface area (Å²) in [4.78, 5) is 25.7. The van der Waals surface area contributed by atoms with Crippen LogP contribution >= 0.6 is 0 Å². The normalized spacial score (nSPS) is 10.2. The summed E-state index contributed by atoms with van der Waals surface area (Å²) >= 11 is 0. The van der Waals surface area contributed by atoms with E-state index in [1.807, 2.05) is 0 Å². The van der Waals surface area contributed by atoms with Crippen molar-refractivity contribution < 1.29 is 19.4 Å². The van der Waals surface area contributed by atoms with Gasteiger partial charge in [-0.2, -0.15) is 0 Å². The van der Waals surface area contributed by atoms with Gasteiger partial charge in [-0.15, -0.1) is 0 Å². The van der Waals surface area contributed by atoms with Crippen LogP contribution in [0.2, 0.25) is 0 Å². The highest BCUT2D eigenvalue weighted by Gasteiger charge is 2.03. The van der Waals surface area contributed by atoms with Gasteiger partial charge in [0.2, 0.25) is 0 Å². The number of nitrogens with one attached hydrogen (secondary N) is 1. The Morgan fingerprint density at radius 2 is 2.21 bits per heavy atom. The smallest absolute Gasteiger partial charge is 0.337 e. The predicted molar refractivity (Wildman–Crippen MR) is 68.8 cm³/mol. The third-order valence-electron chi connectivity index (χ3n) is 2.42. The largest absolute Gasteiger partial charge is 0.478 e. The van der Waals surface area contributed by atoms with E-state index in [1.165, 1.54) is 12.3 Å². The van der Waals surface area contributed by atoms with Crippen LogP contribution in [0.25, 0.3) is 0 Å². The number of hydrogen-bond donors (Lipinski definition) is 2. The molecule has 1 rings (SSSR count). The van der Waals surface area contributed by atoms with Crippen LogP contribution in [0.4, 0.5) is 0 Å². The molecule has 1 heterocycles. The molecule has 0 radical (unpaired) electrons. The summed E-state index contributed by atoms with van der Waals surface area (Å²) < 4.78 is 4.81. The van der Waals surface area contributed by atoms with Crippen molar-refractivity contribution in [2.75, 3.05) is 13.2 Å². The zero-order valence-corrected chi connectivity index (χ0v) is 10.9. The van der Waals surface area contributed by atoms with Crippen molar-refractivity contribution in [3.05, 3.63) is 29.6 Å². The molecule has 0 aliphatic heterocycles. The molecular formula is C13H18N2O4. The van der Waals surface area contributed by atoms with E-state index in [4.69, 9.17) is 9.84 Å². The second kappa shape index (κ2) is 8.20. The third-order valence-corrected chi connectivity index (χ3v) is 2.42. The van der Waals surface area contributed by atoms with Crippen LogP contribution in [0.1, 0.15) is 35.8 Å². The van der Waals surface area contributed by atoms with Crippen LogP contribution in [0.3, 0.4) is 0 Å². The van der Waals surface area contributed by atoms with Gasteiger partial charge in [0, 0.05) is 19.2 Å². The lowest BCUT2D eigenvalue weighted by Crippen LogP contribution is -2.17. The molecule has 0 atom stereocenters. The molecule has 0 bridgehead atoms. The highest BCUT2D eigenvalue weighted by molar-refractivity contribution is 5.87. The fourth-order valence-corrected chi connectivity index (χ4v) is 1.46. The summed E-state index contributed by atoms with van der Waals surface area (Å²) in [5, 5.41) is 11.8. The van der Waals surface area contributed by atoms with E-state index in [9.17, 15) is 9.59 Å². The molecule has 0 fully saturated rings. The molecule has 2 N–H and O–H groups in total. The van der Waals surface area contributed by atoms with Gasteiger partial charge in [-0.05, 0) is 32.0 Å². The number of ether oxygens (including phenoxy) is 1. The van der Waals surface area contributed by atoms with E-state index in [0.717, 1.165) is 5.69 Å². The van der Waals surface area contributed by atoms with Crippen LogP contribution in [0, 0.1) is 0 Å². The number of pyridine rings is 1. The number of nitrogens with zero attached hydrogens (tertiary/aromatic N) is 1. The molecule has 0 spiro atoms. The molecule has 19 heavy (non-hydrogen) atoms. The van der Waals surface area contributed by atoms with Crippen molar-refractivity contribution in [3.8, 4) is 0 Å². The quantitative estimate of drug-likeness (QED) is 0.543. The molecule has 1 aromatic rings. The Hall–Kier alpha value is -1.95. The molecule has 6 nitrogen and oxygen atoms in total. The summed E-state index contributed by atoms with van der Waals surface area (Å²) in [7, 11) is 0. The Labute approximate surface area is 111 Å². The van der Waals surface area contributed by atoms with E-state index in [0.29, 0.717) is 32.5 Å². The van der Waals surface area contributed by atoms with E-state index < -0.39 is 5.97 Å². The first-order valence-electron chi connectivity index (χ1n) is 6.18. The van der Waals surface area contributed by atoms with Crippen LogP contribution in [0.15, 0.2) is 18.3 Å². The molecular weight excluding hydrogens is 248 g/mol. The van der Waals surface area contributed by atoms with Gasteiger partial charge in [0.25, 0.3) is 0 Å². The van der Waals surface area contributed by atoms with Crippen LogP contribution < -0.4 is 5.32 Å². The number of hydrogen-bond acceptors (Lipinski definition) is 5. The van der Waals surface area contributed by atoms with Crippen LogP contribution in [-0.4, -0.2) is 35.2 Å². The van der Waals surface area contributed by atoms with Gasteiger partial charge in [-0.3, -0.25) is 9.78 Å². The molecule has 0 unspecified atom stereocenters. The topological polar surface area (TPSA) is 88.5 Å². The minimum absolute atomic E-state index is 0.172. The number of aromatic nitrogens is 1. The maximum absolute atomic E-state index is 11.1. The second-order valence-electron chi connectivity index (χ2n) is 3.93. The van der Waals surface area contributed by atoms with Gasteiger partial charge in [-0.1, -0.05) is 0 Å². The lowest BCUT2D eigenvalue weighted by Gasteiger charge is -2.04. The van der Waals surface area contributed by atoms with Gasteiger partial charge in [0.1, 0.15) is 0 Å². The number of carboxylic acids is 1. The number of esters is 1. The Morgan fingerprint density at radius 1 is 1.42 bits per heavy atom. The molecule has 0 amide bonds. The van der Waals surface area contributed by atoms with Crippen LogP contribution in [-0.2, 0) is 16.1 Å². The molecule has 1 aromatic heterocycles. The van der Waals surface area contributed by atoms with Gasteiger partial charge >= 0.3 is 11.9 Å². The number of carbonyl (C=O) groups excluding carboxylic acids is 1. The minimum atomic E-state index is -0.985. The molecule has 0 aliphatic rings. The van der Waals surface area contributed by atoms with E-state index in [2.05, 4.69) is 10.3 Å². The first kappa shape index (κ1) is 15.1. The van der Waals surface area contributed by atoms with Gasteiger partial charge in [0.15, 0.2) is 0 Å². The van der Waals surface area contributed by atoms with Crippen LogP contribution in [0.5, 0.6) is 0 Å². The highest BCUT2D eigenvalue weighted by atomic mass is 16.5. The number of aromatic carboxylic acids is 1. The van der Waals surface area contributed by atoms with Crippen molar-refractivity contribution in [1.82, 2.24) is 10.3 Å². The predicted octanol–water partition coefficient (Wildman–Crippen LogP) is 1.21. The van der Waals surface area contributed by atoms with Crippen molar-refractivity contribution in [2.24, 2.45) is 0 Å². The van der Waals surface area contributed by atoms with Gasteiger partial charge in [-0.25, -0.2) is 4.79 Å². The average Bonchev–Trinajstić information content (AvgIpc) is 2.39. The lowest BCUT2D eigenvalue weighted by molar-refractivity contribution is -0.143. The standard InChI is InChI=1S/C13H18N2O4/c1-2-19-12(16)4-3-7-14-9-11-6-5-10(8-15-11)13(17)18/h5-6,8,14H,2-4,7,9H2,1H3,(H,17,18). The summed E-state index contributed by atoms with van der Waals surface area (Å²) in [6.45, 7) is 3.42. The molecule has 104 valence electrons.